The van der Waals surface area contributed by atoms with E-state index in [1.165, 1.54) is 41.8 Å². The minimum Gasteiger partial charge on any atom is -0.497 e. The van der Waals surface area contributed by atoms with Crippen molar-refractivity contribution in [2.45, 2.75) is 2.21 Å². The second kappa shape index (κ2) is 5.11. The molecule has 17 heavy (non-hydrogen) atoms. The van der Waals surface area contributed by atoms with E-state index in [2.05, 4.69) is 0 Å². The standard InChI is InChI=1S/C10H10ClIO4S/c1-16-8-5-3-7(4-6-8)9(13)10(11,12)17(2,14)15/h3-6H,1-2H3. The van der Waals surface area contributed by atoms with Crippen LogP contribution in [-0.4, -0.2) is 29.8 Å². The predicted molar refractivity (Wildman–Crippen MR) is 74.8 cm³/mol. The zero-order valence-electron chi connectivity index (χ0n) is 9.11. The Kier molecular flexibility index (Phi) is 4.43. The first-order valence-electron chi connectivity index (χ1n) is 4.46. The number of methoxy groups -OCH3 is 1. The second-order valence-electron chi connectivity index (χ2n) is 3.35. The van der Waals surface area contributed by atoms with Crippen LogP contribution in [0.3, 0.4) is 0 Å². The average molecular weight is 389 g/mol. The quantitative estimate of drug-likeness (QED) is 0.451. The van der Waals surface area contributed by atoms with Crippen LogP contribution >= 0.6 is 34.2 Å². The SMILES string of the molecule is COc1ccc(C(=O)C(Cl)(I)S(C)(=O)=O)cc1. The zero-order valence-corrected chi connectivity index (χ0v) is 12.8. The zero-order chi connectivity index (χ0) is 13.3. The summed E-state index contributed by atoms with van der Waals surface area (Å²) >= 11 is 7.22. The van der Waals surface area contributed by atoms with Crippen LogP contribution in [-0.2, 0) is 9.84 Å². The number of rotatable bonds is 4. The highest BCUT2D eigenvalue weighted by Gasteiger charge is 2.44. The van der Waals surface area contributed by atoms with Crippen LogP contribution in [0.4, 0.5) is 0 Å². The Morgan fingerprint density at radius 3 is 2.18 bits per heavy atom. The van der Waals surface area contributed by atoms with Crippen LogP contribution < -0.4 is 4.74 Å². The molecule has 0 aliphatic heterocycles. The molecule has 1 aromatic rings. The van der Waals surface area contributed by atoms with Gasteiger partial charge in [0.15, 0.2) is 9.84 Å². The highest BCUT2D eigenvalue weighted by atomic mass is 127. The number of Topliss-reactive ketones (excluding diaryl/α,β-unsaturated/α-hetero) is 1. The third kappa shape index (κ3) is 3.11. The smallest absolute Gasteiger partial charge is 0.257 e. The van der Waals surface area contributed by atoms with E-state index in [0.717, 1.165) is 6.26 Å². The number of halogens is 2. The highest BCUT2D eigenvalue weighted by molar-refractivity contribution is 14.1. The molecule has 0 spiro atoms. The monoisotopic (exact) mass is 388 g/mol. The molecule has 1 unspecified atom stereocenters. The van der Waals surface area contributed by atoms with E-state index in [0.29, 0.717) is 5.75 Å². The topological polar surface area (TPSA) is 60.4 Å². The Labute approximate surface area is 118 Å². The predicted octanol–water partition coefficient (Wildman–Crippen LogP) is 2.25. The third-order valence-electron chi connectivity index (χ3n) is 2.08. The number of alkyl halides is 2. The maximum absolute atomic E-state index is 12.0. The fourth-order valence-electron chi connectivity index (χ4n) is 1.08. The van der Waals surface area contributed by atoms with Crippen molar-refractivity contribution in [1.29, 1.82) is 0 Å². The molecule has 0 radical (unpaired) electrons. The first kappa shape index (κ1) is 14.7. The highest BCUT2D eigenvalue weighted by Crippen LogP contribution is 2.34. The van der Waals surface area contributed by atoms with Gasteiger partial charge in [0, 0.05) is 11.8 Å². The van der Waals surface area contributed by atoms with Gasteiger partial charge in [-0.2, -0.15) is 0 Å². The molecule has 0 bridgehead atoms. The molecule has 0 aliphatic rings. The Bertz CT molecular complexity index is 522. The van der Waals surface area contributed by atoms with Crippen LogP contribution in [0.25, 0.3) is 0 Å². The third-order valence-corrected chi connectivity index (χ3v) is 7.10. The summed E-state index contributed by atoms with van der Waals surface area (Å²) in [4.78, 5) is 12.0. The lowest BCUT2D eigenvalue weighted by molar-refractivity contribution is 0.100. The van der Waals surface area contributed by atoms with Crippen molar-refractivity contribution in [3.05, 3.63) is 29.8 Å². The van der Waals surface area contributed by atoms with Crippen LogP contribution in [0.1, 0.15) is 10.4 Å². The molecule has 0 saturated heterocycles. The lowest BCUT2D eigenvalue weighted by Crippen LogP contribution is -2.34. The van der Waals surface area contributed by atoms with E-state index in [-0.39, 0.29) is 5.56 Å². The average Bonchev–Trinajstić information content (AvgIpc) is 2.26. The molecule has 0 N–H and O–H groups in total. The van der Waals surface area contributed by atoms with Gasteiger partial charge in [-0.25, -0.2) is 8.42 Å². The Morgan fingerprint density at radius 2 is 1.82 bits per heavy atom. The van der Waals surface area contributed by atoms with Gasteiger partial charge in [0.25, 0.3) is 2.21 Å². The van der Waals surface area contributed by atoms with Gasteiger partial charge in [0.1, 0.15) is 5.75 Å². The largest absolute Gasteiger partial charge is 0.497 e. The van der Waals surface area contributed by atoms with Gasteiger partial charge in [-0.3, -0.25) is 4.79 Å². The second-order valence-corrected chi connectivity index (χ2v) is 9.28. The van der Waals surface area contributed by atoms with Gasteiger partial charge in [0.05, 0.1) is 7.11 Å². The molecule has 1 rings (SSSR count). The summed E-state index contributed by atoms with van der Waals surface area (Å²) in [6, 6.07) is 6.09. The van der Waals surface area contributed by atoms with Crippen molar-refractivity contribution >= 4 is 49.8 Å². The van der Waals surface area contributed by atoms with Gasteiger partial charge in [-0.05, 0) is 46.9 Å². The summed E-state index contributed by atoms with van der Waals surface area (Å²) in [5.41, 5.74) is 0.223. The number of benzene rings is 1. The maximum Gasteiger partial charge on any atom is 0.257 e. The van der Waals surface area contributed by atoms with Crippen LogP contribution in [0, 0.1) is 0 Å². The number of carbonyl (C=O) groups excluding carboxylic acids is 1. The van der Waals surface area contributed by atoms with Crippen LogP contribution in [0.15, 0.2) is 24.3 Å². The van der Waals surface area contributed by atoms with Crippen molar-refractivity contribution in [3.8, 4) is 5.75 Å². The molecule has 0 heterocycles. The minimum absolute atomic E-state index is 0.223. The van der Waals surface area contributed by atoms with Gasteiger partial charge in [-0.15, -0.1) is 0 Å². The number of carbonyl (C=O) groups is 1. The molecule has 94 valence electrons. The van der Waals surface area contributed by atoms with Gasteiger partial charge in [0.2, 0.25) is 5.78 Å². The van der Waals surface area contributed by atoms with Crippen molar-refractivity contribution < 1.29 is 17.9 Å². The van der Waals surface area contributed by atoms with Crippen molar-refractivity contribution in [1.82, 2.24) is 0 Å². The Balaban J connectivity index is 3.13. The van der Waals surface area contributed by atoms with E-state index in [9.17, 15) is 13.2 Å². The summed E-state index contributed by atoms with van der Waals surface area (Å²) in [5, 5.41) is 0. The summed E-state index contributed by atoms with van der Waals surface area (Å²) in [5.74, 6) is -0.0838. The number of hydrogen-bond donors (Lipinski definition) is 0. The molecule has 0 saturated carbocycles. The summed E-state index contributed by atoms with van der Waals surface area (Å²) < 4.78 is 25.8. The molecule has 1 atom stereocenters. The van der Waals surface area contributed by atoms with Crippen LogP contribution in [0.5, 0.6) is 5.75 Å². The molecule has 0 aliphatic carbocycles. The molecule has 7 heteroatoms. The molecular formula is C10H10ClIO4S. The molecule has 0 fully saturated rings. The summed E-state index contributed by atoms with van der Waals surface area (Å²) in [6.07, 6.45) is 0.924. The molecule has 0 amide bonds. The normalized spacial score (nSPS) is 15.1. The van der Waals surface area contributed by atoms with E-state index >= 15 is 0 Å². The van der Waals surface area contributed by atoms with Gasteiger partial charge >= 0.3 is 0 Å². The Hall–Kier alpha value is -0.340. The number of ketones is 1. The van der Waals surface area contributed by atoms with E-state index in [4.69, 9.17) is 16.3 Å². The fourth-order valence-corrected chi connectivity index (χ4v) is 1.95. The molecule has 4 nitrogen and oxygen atoms in total. The summed E-state index contributed by atoms with van der Waals surface area (Å²) in [7, 11) is -2.20. The van der Waals surface area contributed by atoms with Crippen molar-refractivity contribution in [2.75, 3.05) is 13.4 Å². The van der Waals surface area contributed by atoms with Crippen molar-refractivity contribution in [2.24, 2.45) is 0 Å². The summed E-state index contributed by atoms with van der Waals surface area (Å²) in [6.45, 7) is 0. The van der Waals surface area contributed by atoms with Gasteiger partial charge in [-0.1, -0.05) is 11.6 Å². The maximum atomic E-state index is 12.0. The van der Waals surface area contributed by atoms with Crippen molar-refractivity contribution in [3.63, 3.8) is 0 Å². The lowest BCUT2D eigenvalue weighted by atomic mass is 10.1. The van der Waals surface area contributed by atoms with E-state index < -0.39 is 17.8 Å². The molecule has 1 aromatic carbocycles. The first-order chi connectivity index (χ1) is 7.70. The van der Waals surface area contributed by atoms with E-state index in [1.807, 2.05) is 0 Å². The lowest BCUT2D eigenvalue weighted by Gasteiger charge is -2.16. The molecule has 0 aromatic heterocycles. The van der Waals surface area contributed by atoms with E-state index in [1.54, 1.807) is 12.1 Å². The first-order valence-corrected chi connectivity index (χ1v) is 7.81. The Morgan fingerprint density at radius 1 is 1.35 bits per heavy atom. The fraction of sp³-hybridized carbons (Fsp3) is 0.300. The van der Waals surface area contributed by atoms with Crippen LogP contribution in [0.2, 0.25) is 0 Å². The van der Waals surface area contributed by atoms with Gasteiger partial charge < -0.3 is 4.74 Å². The minimum atomic E-state index is -3.69. The number of ether oxygens (including phenoxy) is 1. The number of hydrogen-bond acceptors (Lipinski definition) is 4. The molecular weight excluding hydrogens is 379 g/mol. The number of sulfone groups is 1.